The molecule has 2 aliphatic rings. The van der Waals surface area contributed by atoms with E-state index in [1.165, 1.54) is 24.3 Å². The molecule has 2 amide bonds. The van der Waals surface area contributed by atoms with Crippen molar-refractivity contribution in [2.45, 2.75) is 18.0 Å². The second kappa shape index (κ2) is 9.81. The van der Waals surface area contributed by atoms with Crippen LogP contribution in [0.4, 0.5) is 5.69 Å². The monoisotopic (exact) mass is 515 g/mol. The summed E-state index contributed by atoms with van der Waals surface area (Å²) in [6.07, 6.45) is -0.175. The molecule has 0 bridgehead atoms. The molecule has 194 valence electrons. The predicted molar refractivity (Wildman–Crippen MR) is 136 cm³/mol. The highest BCUT2D eigenvalue weighted by Crippen LogP contribution is 2.50. The number of hydrogen-bond donors (Lipinski definition) is 3. The number of nitrogens with zero attached hydrogens (tertiary/aromatic N) is 2. The topological polar surface area (TPSA) is 150 Å². The fraction of sp³-hybridized carbons (Fsp3) is 0.250. The number of likely N-dealkylation sites (tertiary alicyclic amines) is 1. The summed E-state index contributed by atoms with van der Waals surface area (Å²) in [5, 5.41) is 34.1. The number of non-ortho nitro benzene ring substituents is 1. The third-order valence-electron chi connectivity index (χ3n) is 7.46. The van der Waals surface area contributed by atoms with E-state index in [1.807, 2.05) is 54.6 Å². The van der Waals surface area contributed by atoms with Gasteiger partial charge in [0.2, 0.25) is 11.8 Å². The van der Waals surface area contributed by atoms with Gasteiger partial charge >= 0.3 is 5.97 Å². The molecule has 0 aromatic heterocycles. The second-order valence-corrected chi connectivity index (χ2v) is 9.54. The van der Waals surface area contributed by atoms with Crippen LogP contribution in [-0.2, 0) is 20.8 Å². The van der Waals surface area contributed by atoms with Crippen molar-refractivity contribution >= 4 is 23.5 Å². The van der Waals surface area contributed by atoms with Crippen LogP contribution in [0.25, 0.3) is 11.1 Å². The molecule has 38 heavy (non-hydrogen) atoms. The van der Waals surface area contributed by atoms with Gasteiger partial charge in [0.1, 0.15) is 5.54 Å². The highest BCUT2D eigenvalue weighted by molar-refractivity contribution is 6.09. The molecular formula is C28H25N3O7. The number of rotatable bonds is 8. The number of imide groups is 1. The van der Waals surface area contributed by atoms with Crippen LogP contribution in [0.1, 0.15) is 17.2 Å². The molecule has 3 N–H and O–H groups in total. The molecule has 10 nitrogen and oxygen atoms in total. The van der Waals surface area contributed by atoms with Gasteiger partial charge in [0.25, 0.3) is 5.69 Å². The Balaban J connectivity index is 1.56. The van der Waals surface area contributed by atoms with Gasteiger partial charge in [0, 0.05) is 24.6 Å². The third kappa shape index (κ3) is 4.13. The molecule has 10 heteroatoms. The number of nitro benzene ring substituents is 1. The number of carboxylic acid groups (broad SMARTS) is 1. The van der Waals surface area contributed by atoms with E-state index in [1.54, 1.807) is 0 Å². The molecule has 5 rings (SSSR count). The first-order valence-corrected chi connectivity index (χ1v) is 12.1. The molecule has 4 unspecified atom stereocenters. The van der Waals surface area contributed by atoms with E-state index in [4.69, 9.17) is 0 Å². The van der Waals surface area contributed by atoms with E-state index in [0.29, 0.717) is 11.1 Å². The Hall–Kier alpha value is -4.41. The Labute approximate surface area is 217 Å². The van der Waals surface area contributed by atoms with Gasteiger partial charge in [-0.2, -0.15) is 0 Å². The predicted octanol–water partition coefficient (Wildman–Crippen LogP) is 2.57. The first-order chi connectivity index (χ1) is 18.3. The number of benzene rings is 3. The smallest absolute Gasteiger partial charge is 0.325 e. The van der Waals surface area contributed by atoms with E-state index < -0.39 is 52.7 Å². The van der Waals surface area contributed by atoms with Gasteiger partial charge in [-0.05, 0) is 22.3 Å². The molecule has 3 aromatic carbocycles. The standard InChI is InChI=1S/C28H25N3O7/c32-15-14-30-25(33)22-23(26(30)34)28(27(35)36,16-17-6-12-21(13-7-17)31(37)38)29-24(22)20-10-8-19(9-11-20)18-4-2-1-3-5-18/h1-13,22-24,29,32H,14-16H2,(H,35,36). The van der Waals surface area contributed by atoms with Crippen molar-refractivity contribution in [2.24, 2.45) is 11.8 Å². The zero-order valence-electron chi connectivity index (χ0n) is 20.2. The minimum absolute atomic E-state index is 0.145. The minimum atomic E-state index is -1.85. The molecule has 0 radical (unpaired) electrons. The van der Waals surface area contributed by atoms with Crippen LogP contribution in [0.3, 0.4) is 0 Å². The summed E-state index contributed by atoms with van der Waals surface area (Å²) < 4.78 is 0. The maximum Gasteiger partial charge on any atom is 0.325 e. The zero-order chi connectivity index (χ0) is 27.0. The van der Waals surface area contributed by atoms with E-state index in [-0.39, 0.29) is 18.7 Å². The van der Waals surface area contributed by atoms with Crippen LogP contribution in [0.15, 0.2) is 78.9 Å². The summed E-state index contributed by atoms with van der Waals surface area (Å²) in [5.41, 5.74) is 1.06. The normalized spacial score (nSPS) is 24.4. The Morgan fingerprint density at radius 3 is 2.16 bits per heavy atom. The van der Waals surface area contributed by atoms with Crippen LogP contribution >= 0.6 is 0 Å². The number of aliphatic hydroxyl groups excluding tert-OH is 1. The van der Waals surface area contributed by atoms with Crippen LogP contribution in [0, 0.1) is 22.0 Å². The van der Waals surface area contributed by atoms with Crippen LogP contribution in [0.2, 0.25) is 0 Å². The summed E-state index contributed by atoms with van der Waals surface area (Å²) in [4.78, 5) is 51.2. The summed E-state index contributed by atoms with van der Waals surface area (Å²) in [6, 6.07) is 21.7. The lowest BCUT2D eigenvalue weighted by Gasteiger charge is -2.31. The number of carbonyl (C=O) groups excluding carboxylic acids is 2. The Kier molecular flexibility index (Phi) is 6.52. The SMILES string of the molecule is O=C1C2C(c3ccc(-c4ccccc4)cc3)NC(Cc3ccc([N+](=O)[O-])cc3)(C(=O)O)C2C(=O)N1CCO. The summed E-state index contributed by atoms with van der Waals surface area (Å²) in [5.74, 6) is -4.72. The van der Waals surface area contributed by atoms with Gasteiger partial charge in [-0.3, -0.25) is 34.7 Å². The molecule has 0 saturated carbocycles. The second-order valence-electron chi connectivity index (χ2n) is 9.54. The molecule has 0 aliphatic carbocycles. The number of nitro groups is 1. The Morgan fingerprint density at radius 2 is 1.58 bits per heavy atom. The maximum absolute atomic E-state index is 13.5. The van der Waals surface area contributed by atoms with Crippen molar-refractivity contribution in [1.29, 1.82) is 0 Å². The van der Waals surface area contributed by atoms with Gasteiger partial charge in [-0.25, -0.2) is 0 Å². The van der Waals surface area contributed by atoms with Crippen molar-refractivity contribution in [3.8, 4) is 11.1 Å². The van der Waals surface area contributed by atoms with Gasteiger partial charge in [0.15, 0.2) is 0 Å². The van der Waals surface area contributed by atoms with E-state index in [9.17, 15) is 34.7 Å². The number of β-amino-alcohol motifs (C(OH)–C–C–N with tert-alkyl or cyclic N) is 1. The summed E-state index contributed by atoms with van der Waals surface area (Å²) >= 11 is 0. The Bertz CT molecular complexity index is 1390. The lowest BCUT2D eigenvalue weighted by Crippen LogP contribution is -2.57. The highest BCUT2D eigenvalue weighted by atomic mass is 16.6. The Morgan fingerprint density at radius 1 is 0.947 bits per heavy atom. The van der Waals surface area contributed by atoms with E-state index >= 15 is 0 Å². The average molecular weight is 516 g/mol. The first-order valence-electron chi connectivity index (χ1n) is 12.1. The van der Waals surface area contributed by atoms with E-state index in [0.717, 1.165) is 16.0 Å². The van der Waals surface area contributed by atoms with Crippen molar-refractivity contribution in [1.82, 2.24) is 10.2 Å². The molecule has 2 heterocycles. The number of aliphatic hydroxyl groups is 1. The number of hydrogen-bond acceptors (Lipinski definition) is 7. The fourth-order valence-corrected chi connectivity index (χ4v) is 5.68. The fourth-order valence-electron chi connectivity index (χ4n) is 5.68. The molecule has 3 aromatic rings. The molecule has 4 atom stereocenters. The third-order valence-corrected chi connectivity index (χ3v) is 7.46. The van der Waals surface area contributed by atoms with Crippen molar-refractivity contribution in [3.05, 3.63) is 100 Å². The molecule has 2 fully saturated rings. The van der Waals surface area contributed by atoms with E-state index in [2.05, 4.69) is 5.32 Å². The number of carboxylic acids is 1. The lowest BCUT2D eigenvalue weighted by atomic mass is 9.76. The van der Waals surface area contributed by atoms with Crippen LogP contribution in [0.5, 0.6) is 0 Å². The lowest BCUT2D eigenvalue weighted by molar-refractivity contribution is -0.384. The summed E-state index contributed by atoms with van der Waals surface area (Å²) in [6.45, 7) is -0.666. The maximum atomic E-state index is 13.5. The number of amides is 2. The number of carbonyl (C=O) groups is 3. The summed E-state index contributed by atoms with van der Waals surface area (Å²) in [7, 11) is 0. The quantitative estimate of drug-likeness (QED) is 0.235. The van der Waals surface area contributed by atoms with Crippen molar-refractivity contribution in [2.75, 3.05) is 13.2 Å². The number of aliphatic carboxylic acids is 1. The zero-order valence-corrected chi connectivity index (χ0v) is 20.2. The van der Waals surface area contributed by atoms with Gasteiger partial charge in [-0.15, -0.1) is 0 Å². The highest BCUT2D eigenvalue weighted by Gasteiger charge is 2.68. The largest absolute Gasteiger partial charge is 0.480 e. The first kappa shape index (κ1) is 25.2. The van der Waals surface area contributed by atoms with Crippen LogP contribution < -0.4 is 5.32 Å². The van der Waals surface area contributed by atoms with Crippen LogP contribution in [-0.4, -0.2) is 56.5 Å². The van der Waals surface area contributed by atoms with Gasteiger partial charge in [0.05, 0.1) is 29.9 Å². The number of fused-ring (bicyclic) bond motifs is 1. The average Bonchev–Trinajstić information content (AvgIpc) is 3.39. The molecular weight excluding hydrogens is 490 g/mol. The number of nitrogens with one attached hydrogen (secondary N) is 1. The molecule has 2 saturated heterocycles. The minimum Gasteiger partial charge on any atom is -0.480 e. The van der Waals surface area contributed by atoms with Crippen molar-refractivity contribution < 1.29 is 29.5 Å². The van der Waals surface area contributed by atoms with Gasteiger partial charge < -0.3 is 10.2 Å². The molecule has 0 spiro atoms. The van der Waals surface area contributed by atoms with Gasteiger partial charge in [-0.1, -0.05) is 66.7 Å². The van der Waals surface area contributed by atoms with Crippen molar-refractivity contribution in [3.63, 3.8) is 0 Å². The molecule has 2 aliphatic heterocycles.